The Balaban J connectivity index is 4.19. The van der Waals surface area contributed by atoms with Crippen LogP contribution < -0.4 is 21.3 Å². The van der Waals surface area contributed by atoms with E-state index in [0.29, 0.717) is 65.3 Å². The van der Waals surface area contributed by atoms with Crippen molar-refractivity contribution in [3.05, 3.63) is 0 Å². The summed E-state index contributed by atoms with van der Waals surface area (Å²) in [6.07, 6.45) is 2.20. The van der Waals surface area contributed by atoms with Gasteiger partial charge in [-0.1, -0.05) is 0 Å². The third-order valence-corrected chi connectivity index (χ3v) is 4.83. The van der Waals surface area contributed by atoms with Crippen LogP contribution in [0.4, 0.5) is 9.59 Å². The Hall–Kier alpha value is -2.19. The average Bonchev–Trinajstić information content (AvgIpc) is 2.89. The number of alkyl carbamates (subject to hydrolysis) is 2. The van der Waals surface area contributed by atoms with E-state index >= 15 is 0 Å². The fourth-order valence-electron chi connectivity index (χ4n) is 2.84. The molecular weight excluding hydrogens is 488 g/mol. The molecule has 0 heterocycles. The number of amides is 3. The molecule has 0 aromatic carbocycles. The van der Waals surface area contributed by atoms with Crippen LogP contribution >= 0.6 is 0 Å². The van der Waals surface area contributed by atoms with Gasteiger partial charge in [-0.25, -0.2) is 9.59 Å². The molecule has 13 nitrogen and oxygen atoms in total. The van der Waals surface area contributed by atoms with Crippen molar-refractivity contribution >= 4 is 18.1 Å². The van der Waals surface area contributed by atoms with Gasteiger partial charge < -0.3 is 49.7 Å². The Kier molecular flexibility index (Phi) is 25.3. The van der Waals surface area contributed by atoms with Crippen LogP contribution in [0.15, 0.2) is 0 Å². The van der Waals surface area contributed by atoms with Gasteiger partial charge in [-0.05, 0) is 45.7 Å². The normalized spacial score (nSPS) is 10.8. The molecular formula is C24H48N4O9. The van der Waals surface area contributed by atoms with Crippen LogP contribution in [0.25, 0.3) is 0 Å². The number of hydrogen-bond donors (Lipinski definition) is 4. The summed E-state index contributed by atoms with van der Waals surface area (Å²) in [6.45, 7) is 4.46. The van der Waals surface area contributed by atoms with Crippen LogP contribution in [-0.2, 0) is 33.2 Å². The summed E-state index contributed by atoms with van der Waals surface area (Å²) in [5.74, 6) is -0.0997. The minimum Gasteiger partial charge on any atom is -0.447 e. The second kappa shape index (κ2) is 26.9. The number of methoxy groups -OCH3 is 2. The van der Waals surface area contributed by atoms with Crippen molar-refractivity contribution in [1.29, 1.82) is 0 Å². The quantitative estimate of drug-likeness (QED) is 0.123. The van der Waals surface area contributed by atoms with Gasteiger partial charge in [0.15, 0.2) is 0 Å². The standard InChI is InChI=1S/C24H48N4O9/c1-25-10-4-5-16-34-18-13-26-22(29)9-6-17-35-21(19-36-23(30)27-11-7-14-32-2)20-37-24(31)28-12-8-15-33-3/h21,25H,4-20H2,1-3H3,(H,26,29)(H,27,30)(H,28,31). The minimum atomic E-state index is -0.672. The fraction of sp³-hybridized carbons (Fsp3) is 0.875. The van der Waals surface area contributed by atoms with E-state index in [1.807, 2.05) is 7.05 Å². The van der Waals surface area contributed by atoms with Crippen LogP contribution in [0.3, 0.4) is 0 Å². The van der Waals surface area contributed by atoms with Gasteiger partial charge >= 0.3 is 12.2 Å². The molecule has 218 valence electrons. The molecule has 0 aliphatic heterocycles. The van der Waals surface area contributed by atoms with E-state index in [9.17, 15) is 14.4 Å². The molecule has 0 bridgehead atoms. The maximum atomic E-state index is 12.0. The second-order valence-corrected chi connectivity index (χ2v) is 8.11. The molecule has 0 aromatic heterocycles. The van der Waals surface area contributed by atoms with E-state index in [1.165, 1.54) is 0 Å². The molecule has 0 aromatic rings. The zero-order valence-corrected chi connectivity index (χ0v) is 22.8. The van der Waals surface area contributed by atoms with Crippen LogP contribution in [0, 0.1) is 0 Å². The summed E-state index contributed by atoms with van der Waals surface area (Å²) < 4.78 is 31.4. The Morgan fingerprint density at radius 1 is 0.649 bits per heavy atom. The molecule has 13 heteroatoms. The number of nitrogens with one attached hydrogen (secondary N) is 4. The first kappa shape index (κ1) is 34.8. The van der Waals surface area contributed by atoms with Gasteiger partial charge in [0.05, 0.1) is 6.61 Å². The average molecular weight is 537 g/mol. The first-order valence-electron chi connectivity index (χ1n) is 12.9. The maximum absolute atomic E-state index is 12.0. The molecule has 0 fully saturated rings. The van der Waals surface area contributed by atoms with Crippen LogP contribution in [-0.4, -0.2) is 118 Å². The SMILES string of the molecule is CNCCCCOCCNC(=O)CCCOC(COC(=O)NCCCOC)COC(=O)NCCCOC. The molecule has 0 radical (unpaired) electrons. The predicted molar refractivity (Wildman–Crippen MR) is 138 cm³/mol. The van der Waals surface area contributed by atoms with Gasteiger partial charge in [-0.15, -0.1) is 0 Å². The van der Waals surface area contributed by atoms with Crippen molar-refractivity contribution in [2.75, 3.05) is 93.7 Å². The number of unbranched alkanes of at least 4 members (excludes halogenated alkanes) is 1. The Labute approximate surface area is 220 Å². The Morgan fingerprint density at radius 2 is 1.27 bits per heavy atom. The fourth-order valence-corrected chi connectivity index (χ4v) is 2.84. The predicted octanol–water partition coefficient (Wildman–Crippen LogP) is 0.810. The summed E-state index contributed by atoms with van der Waals surface area (Å²) in [4.78, 5) is 35.7. The van der Waals surface area contributed by atoms with Crippen LogP contribution in [0.5, 0.6) is 0 Å². The summed E-state index contributed by atoms with van der Waals surface area (Å²) in [5.41, 5.74) is 0. The minimum absolute atomic E-state index is 0.0997. The molecule has 0 atom stereocenters. The van der Waals surface area contributed by atoms with E-state index in [-0.39, 0.29) is 32.1 Å². The van der Waals surface area contributed by atoms with Gasteiger partial charge in [-0.2, -0.15) is 0 Å². The molecule has 4 N–H and O–H groups in total. The summed E-state index contributed by atoms with van der Waals surface area (Å²) in [5, 5.41) is 11.1. The van der Waals surface area contributed by atoms with E-state index < -0.39 is 18.3 Å². The number of carbonyl (C=O) groups excluding carboxylic acids is 3. The molecule has 0 unspecified atom stereocenters. The highest BCUT2D eigenvalue weighted by molar-refractivity contribution is 5.75. The molecule has 0 aliphatic rings. The molecule has 0 rings (SSSR count). The molecule has 0 aliphatic carbocycles. The Morgan fingerprint density at radius 3 is 1.84 bits per heavy atom. The summed E-state index contributed by atoms with van der Waals surface area (Å²) in [7, 11) is 5.08. The highest BCUT2D eigenvalue weighted by Gasteiger charge is 2.16. The van der Waals surface area contributed by atoms with E-state index in [0.717, 1.165) is 19.4 Å². The molecule has 0 saturated carbocycles. The third-order valence-electron chi connectivity index (χ3n) is 4.83. The first-order valence-corrected chi connectivity index (χ1v) is 12.9. The number of hydrogen-bond acceptors (Lipinski definition) is 10. The second-order valence-electron chi connectivity index (χ2n) is 8.11. The van der Waals surface area contributed by atoms with Crippen molar-refractivity contribution < 1.29 is 42.8 Å². The van der Waals surface area contributed by atoms with E-state index in [4.69, 9.17) is 28.4 Å². The van der Waals surface area contributed by atoms with Crippen LogP contribution in [0.2, 0.25) is 0 Å². The number of ether oxygens (including phenoxy) is 6. The molecule has 3 amide bonds. The zero-order chi connectivity index (χ0) is 27.4. The first-order chi connectivity index (χ1) is 18.0. The maximum Gasteiger partial charge on any atom is 0.407 e. The summed E-state index contributed by atoms with van der Waals surface area (Å²) >= 11 is 0. The zero-order valence-electron chi connectivity index (χ0n) is 22.8. The van der Waals surface area contributed by atoms with E-state index in [1.54, 1.807) is 14.2 Å². The monoisotopic (exact) mass is 536 g/mol. The Bertz CT molecular complexity index is 542. The van der Waals surface area contributed by atoms with Gasteiger partial charge in [0, 0.05) is 66.7 Å². The van der Waals surface area contributed by atoms with Gasteiger partial charge in [0.1, 0.15) is 19.3 Å². The van der Waals surface area contributed by atoms with Gasteiger partial charge in [-0.3, -0.25) is 4.79 Å². The molecule has 0 spiro atoms. The van der Waals surface area contributed by atoms with Crippen molar-refractivity contribution in [3.63, 3.8) is 0 Å². The lowest BCUT2D eigenvalue weighted by Crippen LogP contribution is -2.35. The van der Waals surface area contributed by atoms with Crippen molar-refractivity contribution in [2.24, 2.45) is 0 Å². The topological polar surface area (TPSA) is 155 Å². The number of carbonyl (C=O) groups is 3. The van der Waals surface area contributed by atoms with Crippen molar-refractivity contribution in [3.8, 4) is 0 Å². The lowest BCUT2D eigenvalue weighted by atomic mass is 10.3. The largest absolute Gasteiger partial charge is 0.447 e. The van der Waals surface area contributed by atoms with Gasteiger partial charge in [0.2, 0.25) is 5.91 Å². The molecule has 37 heavy (non-hydrogen) atoms. The lowest BCUT2D eigenvalue weighted by molar-refractivity contribution is -0.121. The number of rotatable bonds is 25. The van der Waals surface area contributed by atoms with Crippen LogP contribution in [0.1, 0.15) is 38.5 Å². The van der Waals surface area contributed by atoms with Gasteiger partial charge in [0.25, 0.3) is 0 Å². The highest BCUT2D eigenvalue weighted by atomic mass is 16.6. The molecule has 0 saturated heterocycles. The van der Waals surface area contributed by atoms with Crippen molar-refractivity contribution in [1.82, 2.24) is 21.3 Å². The summed E-state index contributed by atoms with van der Waals surface area (Å²) in [6, 6.07) is 0. The highest BCUT2D eigenvalue weighted by Crippen LogP contribution is 2.00. The smallest absolute Gasteiger partial charge is 0.407 e. The lowest BCUT2D eigenvalue weighted by Gasteiger charge is -2.18. The van der Waals surface area contributed by atoms with Crippen molar-refractivity contribution in [2.45, 2.75) is 44.6 Å². The van der Waals surface area contributed by atoms with E-state index in [2.05, 4.69) is 21.3 Å². The third kappa shape index (κ3) is 25.2.